The molecule has 0 N–H and O–H groups in total. The van der Waals surface area contributed by atoms with Crippen molar-refractivity contribution in [2.45, 2.75) is 26.6 Å². The van der Waals surface area contributed by atoms with Gasteiger partial charge in [-0.25, -0.2) is 4.68 Å². The van der Waals surface area contributed by atoms with Gasteiger partial charge in [0.1, 0.15) is 12.1 Å². The summed E-state index contributed by atoms with van der Waals surface area (Å²) in [4.78, 5) is 14.6. The van der Waals surface area contributed by atoms with Crippen molar-refractivity contribution in [2.24, 2.45) is 0 Å². The molecule has 0 aliphatic heterocycles. The molecule has 32 heavy (non-hydrogen) atoms. The molecule has 1 heterocycles. The lowest BCUT2D eigenvalue weighted by Gasteiger charge is -2.19. The summed E-state index contributed by atoms with van der Waals surface area (Å²) >= 11 is 0. The van der Waals surface area contributed by atoms with Crippen LogP contribution in [0.5, 0.6) is 11.5 Å². The van der Waals surface area contributed by atoms with Gasteiger partial charge in [-0.15, -0.1) is 5.10 Å². The number of aryl methyl sites for hydroxylation is 1. The first-order valence-electron chi connectivity index (χ1n) is 10.5. The van der Waals surface area contributed by atoms with E-state index in [4.69, 9.17) is 9.47 Å². The lowest BCUT2D eigenvalue weighted by Crippen LogP contribution is -2.26. The number of carbonyl (C=O) groups excluding carboxylic acids is 1. The van der Waals surface area contributed by atoms with Crippen LogP contribution in [0, 0.1) is 0 Å². The van der Waals surface area contributed by atoms with E-state index in [0.29, 0.717) is 35.7 Å². The van der Waals surface area contributed by atoms with E-state index in [1.54, 1.807) is 29.8 Å². The van der Waals surface area contributed by atoms with E-state index in [0.717, 1.165) is 23.2 Å². The van der Waals surface area contributed by atoms with Crippen LogP contribution in [0.3, 0.4) is 0 Å². The van der Waals surface area contributed by atoms with Gasteiger partial charge in [-0.3, -0.25) is 4.79 Å². The Bertz CT molecular complexity index is 1220. The second kappa shape index (κ2) is 9.51. The molecule has 0 radical (unpaired) electrons. The number of nitrogens with zero attached hydrogens (tertiary/aromatic N) is 4. The minimum absolute atomic E-state index is 0.0821. The number of methoxy groups -OCH3 is 1. The minimum Gasteiger partial charge on any atom is -0.493 e. The molecule has 0 atom stereocenters. The number of hydrogen-bond acceptors (Lipinski definition) is 5. The van der Waals surface area contributed by atoms with Gasteiger partial charge in [-0.1, -0.05) is 41.6 Å². The van der Waals surface area contributed by atoms with E-state index in [9.17, 15) is 4.79 Å². The van der Waals surface area contributed by atoms with Crippen LogP contribution in [-0.4, -0.2) is 40.0 Å². The molecule has 0 fully saturated rings. The van der Waals surface area contributed by atoms with Gasteiger partial charge in [-0.05, 0) is 48.4 Å². The zero-order valence-corrected chi connectivity index (χ0v) is 18.5. The highest BCUT2D eigenvalue weighted by atomic mass is 16.5. The molecule has 7 heteroatoms. The third-order valence-corrected chi connectivity index (χ3v) is 5.29. The number of aromatic nitrogens is 3. The summed E-state index contributed by atoms with van der Waals surface area (Å²) in [7, 11) is 3.39. The van der Waals surface area contributed by atoms with Crippen LogP contribution in [0.2, 0.25) is 0 Å². The maximum absolute atomic E-state index is 13.0. The van der Waals surface area contributed by atoms with Crippen LogP contribution >= 0.6 is 0 Å². The fourth-order valence-electron chi connectivity index (χ4n) is 3.57. The molecular formula is C25H26N4O3. The Hall–Kier alpha value is -3.87. The number of ether oxygens (including phenoxy) is 2. The zero-order valence-electron chi connectivity index (χ0n) is 18.5. The largest absolute Gasteiger partial charge is 0.493 e. The first kappa shape index (κ1) is 21.4. The van der Waals surface area contributed by atoms with Crippen molar-refractivity contribution >= 4 is 16.9 Å². The topological polar surface area (TPSA) is 69.5 Å². The monoisotopic (exact) mass is 430 g/mol. The van der Waals surface area contributed by atoms with Gasteiger partial charge in [0.05, 0.1) is 12.6 Å². The number of fused-ring (bicyclic) bond motifs is 1. The third-order valence-electron chi connectivity index (χ3n) is 5.29. The normalized spacial score (nSPS) is 10.8. The average Bonchev–Trinajstić information content (AvgIpc) is 3.25. The first-order valence-corrected chi connectivity index (χ1v) is 10.5. The van der Waals surface area contributed by atoms with E-state index in [2.05, 4.69) is 10.3 Å². The molecule has 0 saturated carbocycles. The van der Waals surface area contributed by atoms with Gasteiger partial charge in [-0.2, -0.15) is 0 Å². The van der Waals surface area contributed by atoms with E-state index in [1.807, 2.05) is 67.6 Å². The van der Waals surface area contributed by atoms with Crippen LogP contribution in [0.15, 0.2) is 66.7 Å². The summed E-state index contributed by atoms with van der Waals surface area (Å²) in [5.74, 6) is 1.22. The summed E-state index contributed by atoms with van der Waals surface area (Å²) in [5, 5.41) is 8.26. The molecule has 0 unspecified atom stereocenters. The van der Waals surface area contributed by atoms with Crippen LogP contribution in [0.1, 0.15) is 28.4 Å². The predicted molar refractivity (Wildman–Crippen MR) is 123 cm³/mol. The van der Waals surface area contributed by atoms with Gasteiger partial charge in [0.15, 0.2) is 11.5 Å². The SMILES string of the molecule is CCn1nnc2cc(C(=O)N(C)Cc3ccc(OCc4ccccc4)c(OC)c3)ccc21. The number of rotatable bonds is 8. The Morgan fingerprint density at radius 1 is 1.00 bits per heavy atom. The lowest BCUT2D eigenvalue weighted by atomic mass is 10.1. The Morgan fingerprint density at radius 3 is 2.56 bits per heavy atom. The van der Waals surface area contributed by atoms with Crippen molar-refractivity contribution in [2.75, 3.05) is 14.2 Å². The lowest BCUT2D eigenvalue weighted by molar-refractivity contribution is 0.0785. The fraction of sp³-hybridized carbons (Fsp3) is 0.240. The average molecular weight is 431 g/mol. The molecule has 0 spiro atoms. The highest BCUT2D eigenvalue weighted by Gasteiger charge is 2.15. The number of amides is 1. The number of hydrogen-bond donors (Lipinski definition) is 0. The van der Waals surface area contributed by atoms with Crippen molar-refractivity contribution in [3.63, 3.8) is 0 Å². The first-order chi connectivity index (χ1) is 15.6. The van der Waals surface area contributed by atoms with Gasteiger partial charge >= 0.3 is 0 Å². The van der Waals surface area contributed by atoms with Crippen molar-refractivity contribution in [1.82, 2.24) is 19.9 Å². The molecule has 3 aromatic carbocycles. The quantitative estimate of drug-likeness (QED) is 0.417. The smallest absolute Gasteiger partial charge is 0.253 e. The summed E-state index contributed by atoms with van der Waals surface area (Å²) < 4.78 is 13.2. The highest BCUT2D eigenvalue weighted by molar-refractivity contribution is 5.97. The summed E-state index contributed by atoms with van der Waals surface area (Å²) in [5.41, 5.74) is 4.25. The molecule has 0 aliphatic carbocycles. The molecule has 7 nitrogen and oxygen atoms in total. The van der Waals surface area contributed by atoms with Crippen molar-refractivity contribution in [3.8, 4) is 11.5 Å². The fourth-order valence-corrected chi connectivity index (χ4v) is 3.57. The van der Waals surface area contributed by atoms with Crippen molar-refractivity contribution < 1.29 is 14.3 Å². The Kier molecular flexibility index (Phi) is 6.35. The molecule has 0 saturated heterocycles. The van der Waals surface area contributed by atoms with Crippen molar-refractivity contribution in [1.29, 1.82) is 0 Å². The molecule has 4 aromatic rings. The maximum Gasteiger partial charge on any atom is 0.253 e. The number of carbonyl (C=O) groups is 1. The third kappa shape index (κ3) is 4.56. The number of benzene rings is 3. The molecule has 164 valence electrons. The molecular weight excluding hydrogens is 404 g/mol. The molecule has 1 amide bonds. The van der Waals surface area contributed by atoms with E-state index < -0.39 is 0 Å². The standard InChI is InChI=1S/C25H26N4O3/c1-4-29-22-12-11-20(15-21(22)26-27-29)25(30)28(2)16-19-10-13-23(24(14-19)31-3)32-17-18-8-6-5-7-9-18/h5-15H,4,16-17H2,1-3H3. The minimum atomic E-state index is -0.0821. The summed E-state index contributed by atoms with van der Waals surface area (Å²) in [6.45, 7) is 3.64. The van der Waals surface area contributed by atoms with Gasteiger partial charge < -0.3 is 14.4 Å². The second-order valence-electron chi connectivity index (χ2n) is 7.53. The summed E-state index contributed by atoms with van der Waals surface area (Å²) in [6.07, 6.45) is 0. The van der Waals surface area contributed by atoms with Gasteiger partial charge in [0.2, 0.25) is 0 Å². The van der Waals surface area contributed by atoms with Crippen LogP contribution in [-0.2, 0) is 19.7 Å². The highest BCUT2D eigenvalue weighted by Crippen LogP contribution is 2.29. The van der Waals surface area contributed by atoms with Gasteiger partial charge in [0.25, 0.3) is 5.91 Å². The zero-order chi connectivity index (χ0) is 22.5. The Labute approximate surface area is 187 Å². The van der Waals surface area contributed by atoms with Gasteiger partial charge in [0, 0.05) is 25.7 Å². The predicted octanol–water partition coefficient (Wildman–Crippen LogP) is 4.31. The van der Waals surface area contributed by atoms with Crippen molar-refractivity contribution in [3.05, 3.63) is 83.4 Å². The molecule has 0 bridgehead atoms. The summed E-state index contributed by atoms with van der Waals surface area (Å²) in [6, 6.07) is 21.2. The van der Waals surface area contributed by atoms with Crippen LogP contribution < -0.4 is 9.47 Å². The Balaban J connectivity index is 1.45. The Morgan fingerprint density at radius 2 is 1.81 bits per heavy atom. The molecule has 4 rings (SSSR count). The molecule has 1 aromatic heterocycles. The van der Waals surface area contributed by atoms with E-state index >= 15 is 0 Å². The maximum atomic E-state index is 13.0. The van der Waals surface area contributed by atoms with Crippen LogP contribution in [0.4, 0.5) is 0 Å². The van der Waals surface area contributed by atoms with E-state index in [-0.39, 0.29) is 5.91 Å². The molecule has 0 aliphatic rings. The van der Waals surface area contributed by atoms with E-state index in [1.165, 1.54) is 0 Å². The van der Waals surface area contributed by atoms with Crippen LogP contribution in [0.25, 0.3) is 11.0 Å². The second-order valence-corrected chi connectivity index (χ2v) is 7.53.